The zero-order chi connectivity index (χ0) is 21.1. The first-order valence-corrected chi connectivity index (χ1v) is 9.32. The number of rotatable bonds is 6. The van der Waals surface area contributed by atoms with Crippen molar-refractivity contribution in [1.29, 1.82) is 0 Å². The van der Waals surface area contributed by atoms with Crippen molar-refractivity contribution in [3.63, 3.8) is 0 Å². The highest BCUT2D eigenvalue weighted by atomic mass is 16.6. The number of fused-ring (bicyclic) bond motifs is 1. The van der Waals surface area contributed by atoms with Crippen LogP contribution in [0.25, 0.3) is 5.70 Å². The van der Waals surface area contributed by atoms with E-state index >= 15 is 0 Å². The predicted molar refractivity (Wildman–Crippen MR) is 108 cm³/mol. The van der Waals surface area contributed by atoms with Gasteiger partial charge in [0.15, 0.2) is 5.76 Å². The minimum absolute atomic E-state index is 0. The van der Waals surface area contributed by atoms with E-state index in [0.717, 1.165) is 0 Å². The predicted octanol–water partition coefficient (Wildman–Crippen LogP) is 3.77. The zero-order valence-electron chi connectivity index (χ0n) is 17.4. The summed E-state index contributed by atoms with van der Waals surface area (Å²) in [5, 5.41) is 6.06. The molecular formula is C21H30N2O5. The van der Waals surface area contributed by atoms with Gasteiger partial charge in [-0.15, -0.1) is 5.73 Å². The molecule has 0 spiro atoms. The van der Waals surface area contributed by atoms with E-state index in [2.05, 4.69) is 17.4 Å². The maximum atomic E-state index is 12.2. The van der Waals surface area contributed by atoms with Crippen molar-refractivity contribution in [3.8, 4) is 0 Å². The molecule has 0 aliphatic carbocycles. The summed E-state index contributed by atoms with van der Waals surface area (Å²) in [5.41, 5.74) is 4.12. The van der Waals surface area contributed by atoms with Crippen molar-refractivity contribution in [2.75, 3.05) is 13.2 Å². The molecule has 0 bridgehead atoms. The second-order valence-corrected chi connectivity index (χ2v) is 7.75. The van der Waals surface area contributed by atoms with E-state index in [1.807, 2.05) is 34.6 Å². The van der Waals surface area contributed by atoms with Crippen LogP contribution in [0, 0.1) is 5.92 Å². The Labute approximate surface area is 167 Å². The summed E-state index contributed by atoms with van der Waals surface area (Å²) in [4.78, 5) is 24.1. The molecule has 2 rings (SSSR count). The minimum atomic E-state index is -0.573. The standard InChI is InChI=1S/C21H28N2O5.H2/c1-8-16-15-10-14(11-17(24)28-21(5,6)7)27-20(15)19(13(3)4)22-23(16)12-18(25)26-9-2;/h10,13H,1,9,11-12H2,2-7H3;1H. The van der Waals surface area contributed by atoms with E-state index in [0.29, 0.717) is 28.5 Å². The summed E-state index contributed by atoms with van der Waals surface area (Å²) < 4.78 is 16.3. The molecule has 28 heavy (non-hydrogen) atoms. The van der Waals surface area contributed by atoms with Crippen molar-refractivity contribution in [2.24, 2.45) is 11.0 Å². The van der Waals surface area contributed by atoms with Gasteiger partial charge in [0.25, 0.3) is 0 Å². The van der Waals surface area contributed by atoms with Crippen molar-refractivity contribution < 1.29 is 24.9 Å². The largest absolute Gasteiger partial charge is 0.465 e. The van der Waals surface area contributed by atoms with Crippen LogP contribution in [-0.4, -0.2) is 41.4 Å². The number of carbonyl (C=O) groups excluding carboxylic acids is 2. The lowest BCUT2D eigenvalue weighted by molar-refractivity contribution is -0.154. The SMILES string of the molecule is C=C=C1c2cc(CC(=O)OC(C)(C)C)oc2C(C(C)C)=NN1CC(=O)OCC.[HH]. The highest BCUT2D eigenvalue weighted by Crippen LogP contribution is 2.33. The molecule has 1 aromatic heterocycles. The van der Waals surface area contributed by atoms with Crippen LogP contribution in [0.15, 0.2) is 27.9 Å². The number of hydrogen-bond donors (Lipinski definition) is 0. The maximum absolute atomic E-state index is 12.2. The van der Waals surface area contributed by atoms with Crippen molar-refractivity contribution in [3.05, 3.63) is 35.5 Å². The molecule has 0 saturated carbocycles. The van der Waals surface area contributed by atoms with Crippen LogP contribution in [0.1, 0.15) is 60.1 Å². The van der Waals surface area contributed by atoms with E-state index in [9.17, 15) is 9.59 Å². The van der Waals surface area contributed by atoms with Gasteiger partial charge in [-0.2, -0.15) is 5.10 Å². The summed E-state index contributed by atoms with van der Waals surface area (Å²) in [7, 11) is 0. The molecule has 2 heterocycles. The molecule has 7 heteroatoms. The Balaban J connectivity index is 0.00000420. The van der Waals surface area contributed by atoms with Gasteiger partial charge in [-0.05, 0) is 33.8 Å². The second-order valence-electron chi connectivity index (χ2n) is 7.75. The normalized spacial score (nSPS) is 13.8. The number of ether oxygens (including phenoxy) is 2. The number of hydrogen-bond acceptors (Lipinski definition) is 7. The molecule has 0 unspecified atom stereocenters. The van der Waals surface area contributed by atoms with E-state index < -0.39 is 11.6 Å². The Morgan fingerprint density at radius 3 is 2.57 bits per heavy atom. The van der Waals surface area contributed by atoms with Gasteiger partial charge in [0.2, 0.25) is 0 Å². The molecule has 1 aliphatic rings. The monoisotopic (exact) mass is 390 g/mol. The van der Waals surface area contributed by atoms with Gasteiger partial charge in [0, 0.05) is 7.34 Å². The average Bonchev–Trinajstić information content (AvgIpc) is 2.95. The Morgan fingerprint density at radius 1 is 1.36 bits per heavy atom. The summed E-state index contributed by atoms with van der Waals surface area (Å²) in [6.45, 7) is 15.1. The molecule has 0 saturated heterocycles. The third kappa shape index (κ3) is 5.14. The average molecular weight is 390 g/mol. The van der Waals surface area contributed by atoms with E-state index in [-0.39, 0.29) is 32.9 Å². The molecule has 7 nitrogen and oxygen atoms in total. The Morgan fingerprint density at radius 2 is 2.04 bits per heavy atom. The van der Waals surface area contributed by atoms with Crippen LogP contribution in [0.2, 0.25) is 0 Å². The number of carbonyl (C=O) groups is 2. The molecule has 1 aliphatic heterocycles. The molecule has 0 atom stereocenters. The van der Waals surface area contributed by atoms with Crippen LogP contribution in [0.5, 0.6) is 0 Å². The Kier molecular flexibility index (Phi) is 6.52. The molecule has 1 aromatic rings. The number of hydrazone groups is 1. The summed E-state index contributed by atoms with van der Waals surface area (Å²) in [6.07, 6.45) is -0.00204. The fourth-order valence-corrected chi connectivity index (χ4v) is 2.79. The van der Waals surface area contributed by atoms with Crippen LogP contribution >= 0.6 is 0 Å². The van der Waals surface area contributed by atoms with Gasteiger partial charge in [-0.25, -0.2) is 5.01 Å². The van der Waals surface area contributed by atoms with Crippen LogP contribution in [0.4, 0.5) is 0 Å². The number of furan rings is 1. The van der Waals surface area contributed by atoms with Crippen LogP contribution in [-0.2, 0) is 25.5 Å². The second kappa shape index (κ2) is 8.48. The van der Waals surface area contributed by atoms with Crippen LogP contribution < -0.4 is 0 Å². The van der Waals surface area contributed by atoms with Crippen LogP contribution in [0.3, 0.4) is 0 Å². The smallest absolute Gasteiger partial charge is 0.327 e. The van der Waals surface area contributed by atoms with Crippen molar-refractivity contribution in [2.45, 2.75) is 53.6 Å². The maximum Gasteiger partial charge on any atom is 0.327 e. The van der Waals surface area contributed by atoms with Gasteiger partial charge in [-0.3, -0.25) is 9.59 Å². The third-order valence-corrected chi connectivity index (χ3v) is 3.79. The quantitative estimate of drug-likeness (QED) is 0.543. The highest BCUT2D eigenvalue weighted by molar-refractivity contribution is 6.05. The number of esters is 2. The first-order chi connectivity index (χ1) is 13.1. The number of nitrogens with zero attached hydrogens (tertiary/aromatic N) is 2. The third-order valence-electron chi connectivity index (χ3n) is 3.79. The summed E-state index contributed by atoms with van der Waals surface area (Å²) in [6, 6.07) is 1.75. The molecular weight excluding hydrogens is 360 g/mol. The minimum Gasteiger partial charge on any atom is -0.465 e. The lowest BCUT2D eigenvalue weighted by Gasteiger charge is -2.26. The molecule has 0 N–H and O–H groups in total. The van der Waals surface area contributed by atoms with Crippen molar-refractivity contribution >= 4 is 23.3 Å². The lowest BCUT2D eigenvalue weighted by atomic mass is 9.99. The van der Waals surface area contributed by atoms with Gasteiger partial charge < -0.3 is 13.9 Å². The first-order valence-electron chi connectivity index (χ1n) is 9.32. The fraction of sp³-hybridized carbons (Fsp3) is 0.524. The van der Waals surface area contributed by atoms with Gasteiger partial charge in [0.1, 0.15) is 35.7 Å². The fourth-order valence-electron chi connectivity index (χ4n) is 2.79. The first kappa shape index (κ1) is 21.5. The van der Waals surface area contributed by atoms with E-state index in [1.54, 1.807) is 13.0 Å². The topological polar surface area (TPSA) is 81.3 Å². The summed E-state index contributed by atoms with van der Waals surface area (Å²) in [5.74, 6) is 0.269. The zero-order valence-corrected chi connectivity index (χ0v) is 17.4. The molecule has 0 amide bonds. The van der Waals surface area contributed by atoms with Gasteiger partial charge in [-0.1, -0.05) is 20.4 Å². The highest BCUT2D eigenvalue weighted by Gasteiger charge is 2.31. The molecule has 0 aromatic carbocycles. The van der Waals surface area contributed by atoms with Gasteiger partial charge >= 0.3 is 11.9 Å². The summed E-state index contributed by atoms with van der Waals surface area (Å²) >= 11 is 0. The van der Waals surface area contributed by atoms with E-state index in [4.69, 9.17) is 13.9 Å². The Hall–Kier alpha value is -2.79. The van der Waals surface area contributed by atoms with E-state index in [1.165, 1.54) is 5.01 Å². The molecule has 0 radical (unpaired) electrons. The van der Waals surface area contributed by atoms with Crippen molar-refractivity contribution in [1.82, 2.24) is 5.01 Å². The molecule has 0 fully saturated rings. The lowest BCUT2D eigenvalue weighted by Crippen LogP contribution is -2.31. The molecule has 154 valence electrons. The van der Waals surface area contributed by atoms with Gasteiger partial charge in [0.05, 0.1) is 12.2 Å². The Bertz CT molecular complexity index is 842.